The lowest BCUT2D eigenvalue weighted by molar-refractivity contribution is 0.555. The summed E-state index contributed by atoms with van der Waals surface area (Å²) in [7, 11) is -3.16. The summed E-state index contributed by atoms with van der Waals surface area (Å²) in [4.78, 5) is 0.402. The maximum Gasteiger partial charge on any atom is 0.177 e. The van der Waals surface area contributed by atoms with Gasteiger partial charge in [-0.3, -0.25) is 0 Å². The van der Waals surface area contributed by atoms with Crippen molar-refractivity contribution in [3.8, 4) is 0 Å². The third kappa shape index (κ3) is 2.80. The van der Waals surface area contributed by atoms with E-state index in [1.165, 1.54) is 19.1 Å². The largest absolute Gasteiger partial charge is 0.381 e. The van der Waals surface area contributed by atoms with E-state index in [0.717, 1.165) is 12.1 Å². The maximum atomic E-state index is 11.7. The van der Waals surface area contributed by atoms with Crippen LogP contribution in [0.15, 0.2) is 29.2 Å². The molecule has 2 rings (SSSR count). The van der Waals surface area contributed by atoms with Crippen molar-refractivity contribution < 1.29 is 8.42 Å². The van der Waals surface area contributed by atoms with Gasteiger partial charge in [0.1, 0.15) is 0 Å². The molecule has 17 heavy (non-hydrogen) atoms. The van der Waals surface area contributed by atoms with Crippen molar-refractivity contribution in [3.63, 3.8) is 0 Å². The molecule has 4 heteroatoms. The number of nitrogens with one attached hydrogen (secondary N) is 1. The molecule has 0 radical (unpaired) electrons. The molecule has 0 amide bonds. The molecule has 0 saturated heterocycles. The summed E-state index contributed by atoms with van der Waals surface area (Å²) in [6.07, 6.45) is 4.82. The summed E-state index contributed by atoms with van der Waals surface area (Å²) in [5, 5.41) is 3.39. The molecule has 0 spiro atoms. The zero-order chi connectivity index (χ0) is 12.5. The van der Waals surface area contributed by atoms with E-state index in [1.807, 2.05) is 12.1 Å². The Bertz CT molecular complexity index is 496. The topological polar surface area (TPSA) is 46.2 Å². The highest BCUT2D eigenvalue weighted by atomic mass is 32.2. The van der Waals surface area contributed by atoms with E-state index in [9.17, 15) is 8.42 Å². The summed E-state index contributed by atoms with van der Waals surface area (Å²) < 4.78 is 23.3. The Morgan fingerprint density at radius 1 is 1.24 bits per heavy atom. The first-order valence-corrected chi connectivity index (χ1v) is 7.93. The van der Waals surface area contributed by atoms with Gasteiger partial charge in [-0.25, -0.2) is 8.42 Å². The van der Waals surface area contributed by atoms with Gasteiger partial charge < -0.3 is 5.32 Å². The van der Waals surface area contributed by atoms with Crippen molar-refractivity contribution in [1.29, 1.82) is 0 Å². The molecule has 0 aromatic heterocycles. The summed E-state index contributed by atoms with van der Waals surface area (Å²) in [5.41, 5.74) is 0.744. The number of para-hydroxylation sites is 1. The third-order valence-electron chi connectivity index (χ3n) is 3.49. The average Bonchev–Trinajstić information content (AvgIpc) is 2.64. The van der Waals surface area contributed by atoms with Gasteiger partial charge in [-0.15, -0.1) is 0 Å². The van der Waals surface area contributed by atoms with Crippen LogP contribution in [0.25, 0.3) is 0 Å². The molecule has 1 aliphatic rings. The monoisotopic (exact) mass is 253 g/mol. The Morgan fingerprint density at radius 2 is 1.94 bits per heavy atom. The van der Waals surface area contributed by atoms with Crippen LogP contribution in [0.1, 0.15) is 26.2 Å². The standard InChI is InChI=1S/C13H19NO2S/c1-10-6-5-8-11(10)14-12-7-3-4-9-13(12)17(2,15)16/h3-4,7,9-11,14H,5-6,8H2,1-2H3. The number of anilines is 1. The fourth-order valence-electron chi connectivity index (χ4n) is 2.47. The summed E-state index contributed by atoms with van der Waals surface area (Å²) in [6, 6.07) is 7.55. The Morgan fingerprint density at radius 3 is 2.53 bits per heavy atom. The van der Waals surface area contributed by atoms with E-state index >= 15 is 0 Å². The van der Waals surface area contributed by atoms with Crippen molar-refractivity contribution >= 4 is 15.5 Å². The van der Waals surface area contributed by atoms with Crippen LogP contribution in [-0.2, 0) is 9.84 Å². The van der Waals surface area contributed by atoms with Crippen LogP contribution in [0.3, 0.4) is 0 Å². The first-order valence-electron chi connectivity index (χ1n) is 6.04. The highest BCUT2D eigenvalue weighted by molar-refractivity contribution is 7.90. The number of hydrogen-bond acceptors (Lipinski definition) is 3. The Kier molecular flexibility index (Phi) is 3.43. The van der Waals surface area contributed by atoms with Crippen LogP contribution < -0.4 is 5.32 Å². The van der Waals surface area contributed by atoms with Crippen LogP contribution >= 0.6 is 0 Å². The van der Waals surface area contributed by atoms with Crippen LogP contribution in [0, 0.1) is 5.92 Å². The number of rotatable bonds is 3. The van der Waals surface area contributed by atoms with Gasteiger partial charge in [0, 0.05) is 12.3 Å². The second-order valence-corrected chi connectivity index (χ2v) is 6.91. The molecule has 2 unspecified atom stereocenters. The van der Waals surface area contributed by atoms with Crippen LogP contribution in [-0.4, -0.2) is 20.7 Å². The third-order valence-corrected chi connectivity index (χ3v) is 4.64. The molecule has 94 valence electrons. The second-order valence-electron chi connectivity index (χ2n) is 4.93. The molecular formula is C13H19NO2S. The molecule has 1 fully saturated rings. The van der Waals surface area contributed by atoms with Crippen molar-refractivity contribution in [2.24, 2.45) is 5.92 Å². The van der Waals surface area contributed by atoms with Crippen molar-refractivity contribution in [2.75, 3.05) is 11.6 Å². The van der Waals surface area contributed by atoms with Crippen LogP contribution in [0.5, 0.6) is 0 Å². The number of hydrogen-bond donors (Lipinski definition) is 1. The Balaban J connectivity index is 2.27. The van der Waals surface area contributed by atoms with Gasteiger partial charge in [0.2, 0.25) is 0 Å². The van der Waals surface area contributed by atoms with Crippen LogP contribution in [0.2, 0.25) is 0 Å². The van der Waals surface area contributed by atoms with Gasteiger partial charge in [-0.1, -0.05) is 25.5 Å². The normalized spacial score (nSPS) is 24.8. The zero-order valence-electron chi connectivity index (χ0n) is 10.3. The van der Waals surface area contributed by atoms with Gasteiger partial charge in [0.25, 0.3) is 0 Å². The lowest BCUT2D eigenvalue weighted by Gasteiger charge is -2.20. The van der Waals surface area contributed by atoms with E-state index < -0.39 is 9.84 Å². The van der Waals surface area contributed by atoms with E-state index in [1.54, 1.807) is 12.1 Å². The lowest BCUT2D eigenvalue weighted by Crippen LogP contribution is -2.22. The Labute approximate surface area is 103 Å². The molecule has 2 atom stereocenters. The fraction of sp³-hybridized carbons (Fsp3) is 0.538. The summed E-state index contributed by atoms with van der Waals surface area (Å²) >= 11 is 0. The van der Waals surface area contributed by atoms with Crippen molar-refractivity contribution in [1.82, 2.24) is 0 Å². The van der Waals surface area contributed by atoms with Crippen molar-refractivity contribution in [2.45, 2.75) is 37.1 Å². The first-order chi connectivity index (χ1) is 7.98. The minimum atomic E-state index is -3.16. The minimum absolute atomic E-state index is 0.401. The predicted octanol–water partition coefficient (Wildman–Crippen LogP) is 2.69. The second kappa shape index (κ2) is 4.69. The van der Waals surface area contributed by atoms with Gasteiger partial charge >= 0.3 is 0 Å². The smallest absolute Gasteiger partial charge is 0.177 e. The highest BCUT2D eigenvalue weighted by Gasteiger charge is 2.24. The predicted molar refractivity (Wildman–Crippen MR) is 70.0 cm³/mol. The SMILES string of the molecule is CC1CCCC1Nc1ccccc1S(C)(=O)=O. The molecule has 1 N–H and O–H groups in total. The fourth-order valence-corrected chi connectivity index (χ4v) is 3.32. The molecule has 0 heterocycles. The quantitative estimate of drug-likeness (QED) is 0.901. The minimum Gasteiger partial charge on any atom is -0.381 e. The molecule has 0 aliphatic heterocycles. The summed E-state index contributed by atoms with van der Waals surface area (Å²) in [5.74, 6) is 0.614. The molecule has 1 aromatic rings. The van der Waals surface area contributed by atoms with Gasteiger partial charge in [0.05, 0.1) is 10.6 Å². The lowest BCUT2D eigenvalue weighted by atomic mass is 10.1. The van der Waals surface area contributed by atoms with Crippen molar-refractivity contribution in [3.05, 3.63) is 24.3 Å². The summed E-state index contributed by atoms with van der Waals surface area (Å²) in [6.45, 7) is 2.22. The van der Waals surface area contributed by atoms with Gasteiger partial charge in [-0.05, 0) is 30.9 Å². The van der Waals surface area contributed by atoms with Gasteiger partial charge in [0.15, 0.2) is 9.84 Å². The van der Waals surface area contributed by atoms with Crippen LogP contribution in [0.4, 0.5) is 5.69 Å². The van der Waals surface area contributed by atoms with E-state index in [0.29, 0.717) is 16.9 Å². The number of benzene rings is 1. The molecule has 1 saturated carbocycles. The molecular weight excluding hydrogens is 234 g/mol. The molecule has 1 aromatic carbocycles. The molecule has 3 nitrogen and oxygen atoms in total. The Hall–Kier alpha value is -1.03. The molecule has 0 bridgehead atoms. The van der Waals surface area contributed by atoms with E-state index in [4.69, 9.17) is 0 Å². The van der Waals surface area contributed by atoms with E-state index in [-0.39, 0.29) is 0 Å². The highest BCUT2D eigenvalue weighted by Crippen LogP contribution is 2.30. The maximum absolute atomic E-state index is 11.7. The van der Waals surface area contributed by atoms with Gasteiger partial charge in [-0.2, -0.15) is 0 Å². The average molecular weight is 253 g/mol. The number of sulfone groups is 1. The zero-order valence-corrected chi connectivity index (χ0v) is 11.1. The van der Waals surface area contributed by atoms with E-state index in [2.05, 4.69) is 12.2 Å². The first kappa shape index (κ1) is 12.4. The molecule has 1 aliphatic carbocycles.